The predicted molar refractivity (Wildman–Crippen MR) is 85.9 cm³/mol. The highest BCUT2D eigenvalue weighted by atomic mass is 79.9. The van der Waals surface area contributed by atoms with Crippen LogP contribution in [0.1, 0.15) is 44.1 Å². The van der Waals surface area contributed by atoms with E-state index in [9.17, 15) is 9.50 Å². The molecule has 5 heteroatoms. The Morgan fingerprint density at radius 3 is 2.32 bits per heavy atom. The minimum atomic E-state index is -0.392. The van der Waals surface area contributed by atoms with Gasteiger partial charge in [0.05, 0.1) is 4.47 Å². The molecule has 3 nitrogen and oxygen atoms in total. The summed E-state index contributed by atoms with van der Waals surface area (Å²) in [7, 11) is 0. The second-order valence-electron chi connectivity index (χ2n) is 6.78. The number of hydrogen-bond acceptors (Lipinski definition) is 3. The fourth-order valence-corrected chi connectivity index (χ4v) is 4.36. The molecule has 2 saturated carbocycles. The zero-order chi connectivity index (χ0) is 15.3. The van der Waals surface area contributed by atoms with Crippen LogP contribution in [-0.4, -0.2) is 34.7 Å². The average Bonchev–Trinajstić information content (AvgIpc) is 2.40. The lowest BCUT2D eigenvalue weighted by atomic mass is 9.82. The first-order chi connectivity index (χ1) is 10.6. The number of fused-ring (bicyclic) bond motifs is 1. The van der Waals surface area contributed by atoms with E-state index in [0.29, 0.717) is 35.1 Å². The van der Waals surface area contributed by atoms with Gasteiger partial charge in [0.2, 0.25) is 0 Å². The van der Waals surface area contributed by atoms with Gasteiger partial charge in [-0.25, -0.2) is 4.39 Å². The number of phenols is 1. The summed E-state index contributed by atoms with van der Waals surface area (Å²) >= 11 is 3.23. The Kier molecular flexibility index (Phi) is 3.81. The molecular formula is C17H21BrFNO2. The largest absolute Gasteiger partial charge is 0.506 e. The van der Waals surface area contributed by atoms with Crippen LogP contribution in [0.15, 0.2) is 10.5 Å². The number of nitrogens with zero attached hydrogens (tertiary/aromatic N) is 1. The second-order valence-corrected chi connectivity index (χ2v) is 7.64. The molecule has 2 fully saturated rings. The molecule has 0 spiro atoms. The molecule has 0 amide bonds. The van der Waals surface area contributed by atoms with E-state index in [0.717, 1.165) is 0 Å². The van der Waals surface area contributed by atoms with Crippen LogP contribution in [0.5, 0.6) is 11.5 Å². The van der Waals surface area contributed by atoms with Gasteiger partial charge >= 0.3 is 0 Å². The Hall–Kier alpha value is -0.810. The molecule has 1 aromatic carbocycles. The van der Waals surface area contributed by atoms with Gasteiger partial charge in [0.25, 0.3) is 0 Å². The van der Waals surface area contributed by atoms with Crippen molar-refractivity contribution in [3.05, 3.63) is 21.9 Å². The van der Waals surface area contributed by atoms with Crippen LogP contribution in [0, 0.1) is 5.82 Å². The molecule has 0 bridgehead atoms. The van der Waals surface area contributed by atoms with Gasteiger partial charge < -0.3 is 9.84 Å². The molecule has 120 valence electrons. The molecule has 4 rings (SSSR count). The lowest BCUT2D eigenvalue weighted by molar-refractivity contribution is -0.0196. The van der Waals surface area contributed by atoms with E-state index in [1.165, 1.54) is 44.6 Å². The quantitative estimate of drug-likeness (QED) is 0.873. The molecule has 0 saturated heterocycles. The topological polar surface area (TPSA) is 32.7 Å². The van der Waals surface area contributed by atoms with Gasteiger partial charge in [0, 0.05) is 23.7 Å². The average molecular weight is 370 g/mol. The Morgan fingerprint density at radius 1 is 1.14 bits per heavy atom. The van der Waals surface area contributed by atoms with Gasteiger partial charge in [0.1, 0.15) is 12.4 Å². The first-order valence-corrected chi connectivity index (χ1v) is 9.04. The molecule has 0 aromatic heterocycles. The number of ether oxygens (including phenoxy) is 1. The molecule has 1 atom stereocenters. The van der Waals surface area contributed by atoms with Crippen LogP contribution in [0.4, 0.5) is 4.39 Å². The Balaban J connectivity index is 1.62. The standard InChI is InChI=1S/C17H21BrFNO2/c18-14-8-15(19)17-13(16(14)21)7-12(9-22-17)20(10-3-1-4-10)11-5-2-6-11/h8,10-12,21H,1-7,9H2/t12-/m1/s1. The van der Waals surface area contributed by atoms with Crippen LogP contribution in [0.25, 0.3) is 0 Å². The summed E-state index contributed by atoms with van der Waals surface area (Å²) in [5, 5.41) is 10.3. The zero-order valence-corrected chi connectivity index (χ0v) is 14.1. The molecular weight excluding hydrogens is 349 g/mol. The van der Waals surface area contributed by atoms with Crippen molar-refractivity contribution in [1.29, 1.82) is 0 Å². The monoisotopic (exact) mass is 369 g/mol. The second kappa shape index (κ2) is 5.68. The van der Waals surface area contributed by atoms with Gasteiger partial charge in [-0.3, -0.25) is 4.90 Å². The fourth-order valence-electron chi connectivity index (χ4n) is 3.92. The maximum absolute atomic E-state index is 14.0. The van der Waals surface area contributed by atoms with E-state index in [4.69, 9.17) is 4.74 Å². The van der Waals surface area contributed by atoms with E-state index < -0.39 is 5.82 Å². The summed E-state index contributed by atoms with van der Waals surface area (Å²) in [6.45, 7) is 0.526. The highest BCUT2D eigenvalue weighted by Crippen LogP contribution is 2.43. The highest BCUT2D eigenvalue weighted by molar-refractivity contribution is 9.10. The molecule has 1 aromatic rings. The number of benzene rings is 1. The summed E-state index contributed by atoms with van der Waals surface area (Å²) in [5.41, 5.74) is 0.617. The maximum atomic E-state index is 14.0. The van der Waals surface area contributed by atoms with Gasteiger partial charge in [-0.15, -0.1) is 0 Å². The maximum Gasteiger partial charge on any atom is 0.166 e. The third kappa shape index (κ3) is 2.33. The third-order valence-electron chi connectivity index (χ3n) is 5.53. The smallest absolute Gasteiger partial charge is 0.166 e. The Morgan fingerprint density at radius 2 is 1.77 bits per heavy atom. The van der Waals surface area contributed by atoms with Gasteiger partial charge in [0.15, 0.2) is 11.6 Å². The molecule has 22 heavy (non-hydrogen) atoms. The number of halogens is 2. The van der Waals surface area contributed by atoms with Crippen molar-refractivity contribution in [2.75, 3.05) is 6.61 Å². The number of hydrogen-bond donors (Lipinski definition) is 1. The lowest BCUT2D eigenvalue weighted by Crippen LogP contribution is -2.57. The van der Waals surface area contributed by atoms with Gasteiger partial charge in [-0.05, 0) is 54.1 Å². The third-order valence-corrected chi connectivity index (χ3v) is 6.14. The van der Waals surface area contributed by atoms with Crippen LogP contribution in [0.2, 0.25) is 0 Å². The zero-order valence-electron chi connectivity index (χ0n) is 12.5. The summed E-state index contributed by atoms with van der Waals surface area (Å²) in [6, 6.07) is 2.84. The normalized spacial score (nSPS) is 25.3. The molecule has 1 heterocycles. The number of aromatic hydroxyl groups is 1. The van der Waals surface area contributed by atoms with Crippen LogP contribution < -0.4 is 4.74 Å². The van der Waals surface area contributed by atoms with Crippen molar-refractivity contribution < 1.29 is 14.2 Å². The molecule has 3 aliphatic rings. The van der Waals surface area contributed by atoms with Crippen molar-refractivity contribution in [2.45, 2.75) is 63.1 Å². The van der Waals surface area contributed by atoms with Crippen LogP contribution >= 0.6 is 15.9 Å². The molecule has 2 aliphatic carbocycles. The minimum absolute atomic E-state index is 0.128. The van der Waals surface area contributed by atoms with Crippen molar-refractivity contribution in [2.24, 2.45) is 0 Å². The van der Waals surface area contributed by atoms with Crippen molar-refractivity contribution in [3.8, 4) is 11.5 Å². The summed E-state index contributed by atoms with van der Waals surface area (Å²) in [4.78, 5) is 2.62. The van der Waals surface area contributed by atoms with Crippen molar-refractivity contribution in [3.63, 3.8) is 0 Å². The van der Waals surface area contributed by atoms with E-state index in [2.05, 4.69) is 20.8 Å². The molecule has 1 N–H and O–H groups in total. The van der Waals surface area contributed by atoms with Crippen molar-refractivity contribution in [1.82, 2.24) is 4.90 Å². The predicted octanol–water partition coefficient (Wildman–Crippen LogP) is 4.00. The number of rotatable bonds is 3. The Labute approximate surface area is 138 Å². The molecule has 0 radical (unpaired) electrons. The summed E-state index contributed by atoms with van der Waals surface area (Å²) < 4.78 is 20.2. The number of phenolic OH excluding ortho intramolecular Hbond substituents is 1. The van der Waals surface area contributed by atoms with E-state index >= 15 is 0 Å². The van der Waals surface area contributed by atoms with Gasteiger partial charge in [-0.1, -0.05) is 12.8 Å². The summed E-state index contributed by atoms with van der Waals surface area (Å²) in [6.07, 6.45) is 8.34. The van der Waals surface area contributed by atoms with Crippen LogP contribution in [0.3, 0.4) is 0 Å². The fraction of sp³-hybridized carbons (Fsp3) is 0.647. The minimum Gasteiger partial charge on any atom is -0.506 e. The first-order valence-electron chi connectivity index (χ1n) is 8.25. The first kappa shape index (κ1) is 14.8. The van der Waals surface area contributed by atoms with Gasteiger partial charge in [-0.2, -0.15) is 0 Å². The SMILES string of the molecule is Oc1c(Br)cc(F)c2c1C[C@@H](N(C1CCC1)C1CCC1)CO2. The molecule has 0 unspecified atom stereocenters. The van der Waals surface area contributed by atoms with Crippen molar-refractivity contribution >= 4 is 15.9 Å². The molecule has 1 aliphatic heterocycles. The Bertz CT molecular complexity index is 573. The van der Waals surface area contributed by atoms with E-state index in [-0.39, 0.29) is 17.5 Å². The summed E-state index contributed by atoms with van der Waals surface area (Å²) in [5.74, 6) is -0.0284. The van der Waals surface area contributed by atoms with E-state index in [1.807, 2.05) is 0 Å². The highest BCUT2D eigenvalue weighted by Gasteiger charge is 2.40. The lowest BCUT2D eigenvalue weighted by Gasteiger charge is -2.50. The van der Waals surface area contributed by atoms with Crippen LogP contribution in [-0.2, 0) is 6.42 Å². The van der Waals surface area contributed by atoms with E-state index in [1.54, 1.807) is 0 Å².